The van der Waals surface area contributed by atoms with Gasteiger partial charge in [0.25, 0.3) is 0 Å². The Bertz CT molecular complexity index is 750. The van der Waals surface area contributed by atoms with Gasteiger partial charge < -0.3 is 0 Å². The molecule has 0 aromatic heterocycles. The molecule has 2 unspecified atom stereocenters. The van der Waals surface area contributed by atoms with Gasteiger partial charge in [-0.15, -0.1) is 0 Å². The lowest BCUT2D eigenvalue weighted by Crippen LogP contribution is -2.42. The van der Waals surface area contributed by atoms with Crippen LogP contribution in [0.5, 0.6) is 0 Å². The highest BCUT2D eigenvalue weighted by Gasteiger charge is 2.71. The maximum absolute atomic E-state index is 2.70. The van der Waals surface area contributed by atoms with E-state index < -0.39 is 0 Å². The van der Waals surface area contributed by atoms with Gasteiger partial charge in [0.15, 0.2) is 0 Å². The molecule has 0 radical (unpaired) electrons. The van der Waals surface area contributed by atoms with E-state index in [0.717, 1.165) is 23.7 Å². The molecule has 0 heterocycles. The first-order chi connectivity index (χ1) is 13.2. The summed E-state index contributed by atoms with van der Waals surface area (Å²) < 4.78 is 0. The Morgan fingerprint density at radius 2 is 1.79 bits per heavy atom. The van der Waals surface area contributed by atoms with Crippen molar-refractivity contribution < 1.29 is 0 Å². The third kappa shape index (κ3) is 2.36. The lowest BCUT2D eigenvalue weighted by molar-refractivity contribution is 0.0893. The van der Waals surface area contributed by atoms with Gasteiger partial charge in [-0.3, -0.25) is 0 Å². The molecule has 1 spiro atoms. The molecular weight excluding hydrogens is 336 g/mol. The summed E-state index contributed by atoms with van der Waals surface area (Å²) in [6, 6.07) is 0. The smallest absolute Gasteiger partial charge is 0.00239 e. The molecule has 5 rings (SSSR count). The summed E-state index contributed by atoms with van der Waals surface area (Å²) in [5.41, 5.74) is 5.32. The Labute approximate surface area is 173 Å². The Hall–Kier alpha value is -0.780. The van der Waals surface area contributed by atoms with Crippen molar-refractivity contribution >= 4 is 0 Å². The van der Waals surface area contributed by atoms with Crippen LogP contribution < -0.4 is 0 Å². The first-order valence-electron chi connectivity index (χ1n) is 12.3. The number of rotatable bonds is 4. The molecule has 3 saturated carbocycles. The summed E-state index contributed by atoms with van der Waals surface area (Å²) >= 11 is 0. The van der Waals surface area contributed by atoms with Crippen LogP contribution in [-0.2, 0) is 0 Å². The number of hydrogen-bond acceptors (Lipinski definition) is 0. The highest BCUT2D eigenvalue weighted by atomic mass is 14.7. The van der Waals surface area contributed by atoms with E-state index in [-0.39, 0.29) is 0 Å². The lowest BCUT2D eigenvalue weighted by atomic mass is 9.53. The van der Waals surface area contributed by atoms with Crippen LogP contribution in [0.15, 0.2) is 35.5 Å². The molecule has 28 heavy (non-hydrogen) atoms. The van der Waals surface area contributed by atoms with Crippen LogP contribution in [0.1, 0.15) is 86.5 Å². The zero-order valence-electron chi connectivity index (χ0n) is 19.2. The highest BCUT2D eigenvalue weighted by Crippen LogP contribution is 2.79. The summed E-state index contributed by atoms with van der Waals surface area (Å²) in [5, 5.41) is 0. The van der Waals surface area contributed by atoms with Gasteiger partial charge in [-0.2, -0.15) is 0 Å². The van der Waals surface area contributed by atoms with Gasteiger partial charge >= 0.3 is 0 Å². The van der Waals surface area contributed by atoms with Gasteiger partial charge in [0.1, 0.15) is 0 Å². The summed E-state index contributed by atoms with van der Waals surface area (Å²) in [6.45, 7) is 14.9. The molecular formula is C28H42. The van der Waals surface area contributed by atoms with Crippen LogP contribution in [0.25, 0.3) is 0 Å². The van der Waals surface area contributed by atoms with Gasteiger partial charge in [-0.05, 0) is 102 Å². The van der Waals surface area contributed by atoms with Gasteiger partial charge in [-0.1, -0.05) is 71.4 Å². The standard InChI is InChI=1S/C28H42/c1-18(2)19(3)7-8-20(4)23-9-10-24-22-12-16-28-17-21(28)11-15-27(28,6)25(22)13-14-26(23,24)5/h7-8,12,16,18-21,23,25H,9-11,13-15,17H2,1-6H3/b8-7+/t19-,20+,21?,23+,25-,26+,27+,28?/m0/s1. The normalized spacial score (nSPS) is 48.5. The van der Waals surface area contributed by atoms with E-state index in [1.807, 2.05) is 11.1 Å². The van der Waals surface area contributed by atoms with E-state index in [2.05, 4.69) is 65.8 Å². The molecule has 0 aromatic carbocycles. The molecule has 3 fully saturated rings. The molecule has 0 N–H and O–H groups in total. The van der Waals surface area contributed by atoms with E-state index in [1.54, 1.807) is 0 Å². The number of allylic oxidation sites excluding steroid dienone is 6. The SMILES string of the molecule is CC(C)[C@@H](C)/C=C/[C@@H](C)[C@H]1CCC2=C3C=CC45CC4CC[C@]5(C)[C@H]3CC[C@@]21C. The number of hydrogen-bond donors (Lipinski definition) is 0. The summed E-state index contributed by atoms with van der Waals surface area (Å²) in [6.07, 6.45) is 20.5. The molecule has 0 heteroatoms. The molecule has 154 valence electrons. The van der Waals surface area contributed by atoms with Gasteiger partial charge in [0.2, 0.25) is 0 Å². The van der Waals surface area contributed by atoms with Crippen LogP contribution in [0.3, 0.4) is 0 Å². The zero-order valence-corrected chi connectivity index (χ0v) is 19.2. The molecule has 0 saturated heterocycles. The fourth-order valence-corrected chi connectivity index (χ4v) is 8.42. The van der Waals surface area contributed by atoms with Crippen molar-refractivity contribution in [3.8, 4) is 0 Å². The molecule has 5 aliphatic rings. The molecule has 0 bridgehead atoms. The Morgan fingerprint density at radius 3 is 2.50 bits per heavy atom. The Kier molecular flexibility index (Phi) is 4.19. The summed E-state index contributed by atoms with van der Waals surface area (Å²) in [7, 11) is 0. The maximum atomic E-state index is 2.70. The van der Waals surface area contributed by atoms with E-state index in [4.69, 9.17) is 0 Å². The second kappa shape index (κ2) is 6.12. The molecule has 0 nitrogen and oxygen atoms in total. The zero-order chi connectivity index (χ0) is 19.9. The van der Waals surface area contributed by atoms with Crippen LogP contribution in [0.2, 0.25) is 0 Å². The lowest BCUT2D eigenvalue weighted by Gasteiger charge is -2.51. The minimum atomic E-state index is 0.448. The van der Waals surface area contributed by atoms with Crippen LogP contribution >= 0.6 is 0 Å². The number of fused-ring (bicyclic) bond motifs is 3. The minimum Gasteiger partial charge on any atom is -0.0852 e. The topological polar surface area (TPSA) is 0 Å². The fourth-order valence-electron chi connectivity index (χ4n) is 8.42. The summed E-state index contributed by atoms with van der Waals surface area (Å²) in [4.78, 5) is 0. The van der Waals surface area contributed by atoms with Crippen molar-refractivity contribution in [3.63, 3.8) is 0 Å². The van der Waals surface area contributed by atoms with Crippen LogP contribution in [-0.4, -0.2) is 0 Å². The Balaban J connectivity index is 1.45. The molecule has 5 aliphatic carbocycles. The molecule has 0 aliphatic heterocycles. The molecule has 8 atom stereocenters. The van der Waals surface area contributed by atoms with E-state index in [1.165, 1.54) is 44.9 Å². The quantitative estimate of drug-likeness (QED) is 0.435. The van der Waals surface area contributed by atoms with Crippen molar-refractivity contribution in [2.75, 3.05) is 0 Å². The average Bonchev–Trinajstić information content (AvgIpc) is 3.14. The molecule has 0 amide bonds. The average molecular weight is 379 g/mol. The largest absolute Gasteiger partial charge is 0.0852 e. The van der Waals surface area contributed by atoms with Gasteiger partial charge in [0, 0.05) is 0 Å². The van der Waals surface area contributed by atoms with Crippen molar-refractivity contribution in [1.82, 2.24) is 0 Å². The predicted octanol–water partition coefficient (Wildman–Crippen LogP) is 7.97. The predicted molar refractivity (Wildman–Crippen MR) is 120 cm³/mol. The first kappa shape index (κ1) is 19.2. The van der Waals surface area contributed by atoms with Crippen LogP contribution in [0.4, 0.5) is 0 Å². The van der Waals surface area contributed by atoms with E-state index in [9.17, 15) is 0 Å². The highest BCUT2D eigenvalue weighted by molar-refractivity contribution is 5.46. The van der Waals surface area contributed by atoms with Crippen LogP contribution in [0, 0.1) is 51.8 Å². The second-order valence-corrected chi connectivity index (χ2v) is 12.2. The third-order valence-electron chi connectivity index (χ3n) is 10.9. The van der Waals surface area contributed by atoms with Gasteiger partial charge in [0.05, 0.1) is 0 Å². The van der Waals surface area contributed by atoms with Crippen molar-refractivity contribution in [1.29, 1.82) is 0 Å². The van der Waals surface area contributed by atoms with Crippen molar-refractivity contribution in [2.24, 2.45) is 51.8 Å². The Morgan fingerprint density at radius 1 is 1.00 bits per heavy atom. The summed E-state index contributed by atoms with van der Waals surface area (Å²) in [5.74, 6) is 4.86. The fraction of sp³-hybridized carbons (Fsp3) is 0.786. The minimum absolute atomic E-state index is 0.448. The van der Waals surface area contributed by atoms with Crippen molar-refractivity contribution in [2.45, 2.75) is 86.5 Å². The third-order valence-corrected chi connectivity index (χ3v) is 10.9. The monoisotopic (exact) mass is 378 g/mol. The molecule has 0 aromatic rings. The van der Waals surface area contributed by atoms with E-state index >= 15 is 0 Å². The van der Waals surface area contributed by atoms with E-state index in [0.29, 0.717) is 28.1 Å². The van der Waals surface area contributed by atoms with Gasteiger partial charge in [-0.25, -0.2) is 0 Å². The maximum Gasteiger partial charge on any atom is -0.00239 e. The second-order valence-electron chi connectivity index (χ2n) is 12.2. The first-order valence-corrected chi connectivity index (χ1v) is 12.3. The van der Waals surface area contributed by atoms with Crippen molar-refractivity contribution in [3.05, 3.63) is 35.5 Å².